The molecular formula is C9H8ClN3. The smallest absolute Gasteiger partial charge is 0.102 e. The third-order valence-corrected chi connectivity index (χ3v) is 2.59. The molecule has 0 spiro atoms. The van der Waals surface area contributed by atoms with Gasteiger partial charge in [0.15, 0.2) is 0 Å². The standard InChI is InChI=1S/C9H8ClN3/c10-9-6(3-11)4-13-8-1-2-12-5-7(8)9/h4,12H,1-2,5H2. The second-order valence-electron chi connectivity index (χ2n) is 2.95. The van der Waals surface area contributed by atoms with Gasteiger partial charge in [0.25, 0.3) is 0 Å². The number of hydrogen-bond acceptors (Lipinski definition) is 3. The highest BCUT2D eigenvalue weighted by Crippen LogP contribution is 2.24. The van der Waals surface area contributed by atoms with E-state index >= 15 is 0 Å². The van der Waals surface area contributed by atoms with E-state index < -0.39 is 0 Å². The molecule has 0 atom stereocenters. The van der Waals surface area contributed by atoms with Crippen molar-refractivity contribution in [2.24, 2.45) is 0 Å². The first-order valence-corrected chi connectivity index (χ1v) is 4.48. The molecule has 4 heteroatoms. The Labute approximate surface area is 81.4 Å². The summed E-state index contributed by atoms with van der Waals surface area (Å²) in [5.74, 6) is 0. The molecule has 1 aliphatic rings. The zero-order valence-electron chi connectivity index (χ0n) is 6.97. The van der Waals surface area contributed by atoms with Crippen LogP contribution in [0.1, 0.15) is 16.8 Å². The molecule has 66 valence electrons. The molecule has 0 bridgehead atoms. The summed E-state index contributed by atoms with van der Waals surface area (Å²) in [5, 5.41) is 12.5. The van der Waals surface area contributed by atoms with E-state index in [1.165, 1.54) is 0 Å². The quantitative estimate of drug-likeness (QED) is 0.675. The fourth-order valence-electron chi connectivity index (χ4n) is 1.46. The molecule has 0 amide bonds. The van der Waals surface area contributed by atoms with Crippen molar-refractivity contribution >= 4 is 11.6 Å². The summed E-state index contributed by atoms with van der Waals surface area (Å²) in [5.41, 5.74) is 2.46. The van der Waals surface area contributed by atoms with Gasteiger partial charge in [-0.1, -0.05) is 11.6 Å². The zero-order valence-corrected chi connectivity index (χ0v) is 7.73. The number of halogens is 1. The Morgan fingerprint density at radius 3 is 3.23 bits per heavy atom. The van der Waals surface area contributed by atoms with Gasteiger partial charge in [0.05, 0.1) is 10.6 Å². The molecule has 0 saturated heterocycles. The lowest BCUT2D eigenvalue weighted by Crippen LogP contribution is -2.25. The van der Waals surface area contributed by atoms with Gasteiger partial charge in [0.2, 0.25) is 0 Å². The molecule has 1 N–H and O–H groups in total. The Bertz CT molecular complexity index is 381. The molecule has 2 heterocycles. The Hall–Kier alpha value is -1.11. The van der Waals surface area contributed by atoms with E-state index in [0.29, 0.717) is 10.6 Å². The lowest BCUT2D eigenvalue weighted by atomic mass is 10.1. The van der Waals surface area contributed by atoms with E-state index in [1.807, 2.05) is 6.07 Å². The van der Waals surface area contributed by atoms with Crippen molar-refractivity contribution in [2.45, 2.75) is 13.0 Å². The van der Waals surface area contributed by atoms with Crippen LogP contribution in [0, 0.1) is 11.3 Å². The Balaban J connectivity index is 2.56. The molecular weight excluding hydrogens is 186 g/mol. The number of nitriles is 1. The van der Waals surface area contributed by atoms with E-state index in [9.17, 15) is 0 Å². The SMILES string of the molecule is N#Cc1cnc2c(c1Cl)CNCC2. The maximum atomic E-state index is 8.73. The molecule has 1 aliphatic heterocycles. The summed E-state index contributed by atoms with van der Waals surface area (Å²) in [7, 11) is 0. The van der Waals surface area contributed by atoms with Crippen molar-refractivity contribution in [2.75, 3.05) is 6.54 Å². The van der Waals surface area contributed by atoms with Crippen molar-refractivity contribution < 1.29 is 0 Å². The Morgan fingerprint density at radius 1 is 1.62 bits per heavy atom. The van der Waals surface area contributed by atoms with Gasteiger partial charge in [0.1, 0.15) is 6.07 Å². The van der Waals surface area contributed by atoms with Crippen LogP contribution in [0.2, 0.25) is 5.02 Å². The van der Waals surface area contributed by atoms with E-state index in [1.54, 1.807) is 6.20 Å². The van der Waals surface area contributed by atoms with Gasteiger partial charge in [-0.2, -0.15) is 5.26 Å². The van der Waals surface area contributed by atoms with Crippen molar-refractivity contribution in [3.63, 3.8) is 0 Å². The van der Waals surface area contributed by atoms with E-state index in [2.05, 4.69) is 10.3 Å². The third-order valence-electron chi connectivity index (χ3n) is 2.16. The fourth-order valence-corrected chi connectivity index (χ4v) is 1.73. The average Bonchev–Trinajstić information content (AvgIpc) is 2.19. The van der Waals surface area contributed by atoms with Gasteiger partial charge in [-0.05, 0) is 0 Å². The van der Waals surface area contributed by atoms with Gasteiger partial charge in [0, 0.05) is 37.0 Å². The van der Waals surface area contributed by atoms with Crippen LogP contribution < -0.4 is 5.32 Å². The molecule has 0 aliphatic carbocycles. The van der Waals surface area contributed by atoms with Gasteiger partial charge in [-0.15, -0.1) is 0 Å². The number of pyridine rings is 1. The number of hydrogen-bond donors (Lipinski definition) is 1. The lowest BCUT2D eigenvalue weighted by molar-refractivity contribution is 0.630. The monoisotopic (exact) mass is 193 g/mol. The number of fused-ring (bicyclic) bond motifs is 1. The van der Waals surface area contributed by atoms with Crippen molar-refractivity contribution in [3.8, 4) is 6.07 Å². The van der Waals surface area contributed by atoms with E-state index in [4.69, 9.17) is 16.9 Å². The van der Waals surface area contributed by atoms with Gasteiger partial charge in [-0.25, -0.2) is 0 Å². The molecule has 1 aromatic rings. The first-order chi connectivity index (χ1) is 6.33. The zero-order chi connectivity index (χ0) is 9.26. The second-order valence-corrected chi connectivity index (χ2v) is 3.33. The summed E-state index contributed by atoms with van der Waals surface area (Å²) in [6, 6.07) is 2.02. The van der Waals surface area contributed by atoms with Crippen LogP contribution in [-0.4, -0.2) is 11.5 Å². The first-order valence-electron chi connectivity index (χ1n) is 4.10. The van der Waals surface area contributed by atoms with E-state index in [0.717, 1.165) is 30.8 Å². The predicted molar refractivity (Wildman–Crippen MR) is 49.4 cm³/mol. The highest BCUT2D eigenvalue weighted by atomic mass is 35.5. The number of aromatic nitrogens is 1. The molecule has 0 unspecified atom stereocenters. The van der Waals surface area contributed by atoms with Crippen LogP contribution >= 0.6 is 11.6 Å². The summed E-state index contributed by atoms with van der Waals surface area (Å²) in [6.45, 7) is 1.65. The number of nitrogens with zero attached hydrogens (tertiary/aromatic N) is 2. The van der Waals surface area contributed by atoms with Crippen LogP contribution in [0.15, 0.2) is 6.20 Å². The van der Waals surface area contributed by atoms with Crippen LogP contribution in [-0.2, 0) is 13.0 Å². The summed E-state index contributed by atoms with van der Waals surface area (Å²) < 4.78 is 0. The highest BCUT2D eigenvalue weighted by Gasteiger charge is 2.15. The molecule has 3 nitrogen and oxygen atoms in total. The van der Waals surface area contributed by atoms with Crippen LogP contribution in [0.25, 0.3) is 0 Å². The van der Waals surface area contributed by atoms with Crippen LogP contribution in [0.5, 0.6) is 0 Å². The number of nitrogens with one attached hydrogen (secondary N) is 1. The van der Waals surface area contributed by atoms with Gasteiger partial charge < -0.3 is 5.32 Å². The Kier molecular flexibility index (Phi) is 2.17. The molecule has 0 radical (unpaired) electrons. The van der Waals surface area contributed by atoms with Crippen LogP contribution in [0.3, 0.4) is 0 Å². The molecule has 13 heavy (non-hydrogen) atoms. The average molecular weight is 194 g/mol. The summed E-state index contributed by atoms with van der Waals surface area (Å²) >= 11 is 6.02. The van der Waals surface area contributed by atoms with E-state index in [-0.39, 0.29) is 0 Å². The summed E-state index contributed by atoms with van der Waals surface area (Å²) in [6.07, 6.45) is 2.44. The molecule has 0 aromatic carbocycles. The van der Waals surface area contributed by atoms with Gasteiger partial charge >= 0.3 is 0 Å². The summed E-state index contributed by atoms with van der Waals surface area (Å²) in [4.78, 5) is 4.20. The van der Waals surface area contributed by atoms with Crippen LogP contribution in [0.4, 0.5) is 0 Å². The molecule has 0 saturated carbocycles. The fraction of sp³-hybridized carbons (Fsp3) is 0.333. The highest BCUT2D eigenvalue weighted by molar-refractivity contribution is 6.32. The minimum absolute atomic E-state index is 0.462. The normalized spacial score (nSPS) is 14.8. The third kappa shape index (κ3) is 1.39. The molecule has 2 rings (SSSR count). The largest absolute Gasteiger partial charge is 0.312 e. The van der Waals surface area contributed by atoms with Crippen molar-refractivity contribution in [3.05, 3.63) is 28.0 Å². The maximum Gasteiger partial charge on any atom is 0.102 e. The molecule has 1 aromatic heterocycles. The minimum atomic E-state index is 0.462. The topological polar surface area (TPSA) is 48.7 Å². The maximum absolute atomic E-state index is 8.73. The first kappa shape index (κ1) is 8.49. The van der Waals surface area contributed by atoms with Gasteiger partial charge in [-0.3, -0.25) is 4.98 Å². The minimum Gasteiger partial charge on any atom is -0.312 e. The molecule has 0 fully saturated rings. The Morgan fingerprint density at radius 2 is 2.46 bits per heavy atom. The predicted octanol–water partition coefficient (Wildman–Crippen LogP) is 1.25. The van der Waals surface area contributed by atoms with Crippen molar-refractivity contribution in [1.82, 2.24) is 10.3 Å². The second kappa shape index (κ2) is 3.33. The number of rotatable bonds is 0. The van der Waals surface area contributed by atoms with Crippen molar-refractivity contribution in [1.29, 1.82) is 5.26 Å². The lowest BCUT2D eigenvalue weighted by Gasteiger charge is -2.17.